The van der Waals surface area contributed by atoms with Gasteiger partial charge in [0.15, 0.2) is 0 Å². The first-order valence-corrected chi connectivity index (χ1v) is 4.85. The van der Waals surface area contributed by atoms with Crippen LogP contribution in [0.4, 0.5) is 0 Å². The minimum atomic E-state index is -1.12. The zero-order chi connectivity index (χ0) is 11.0. The highest BCUT2D eigenvalue weighted by molar-refractivity contribution is 5.79. The van der Waals surface area contributed by atoms with Crippen molar-refractivity contribution in [2.75, 3.05) is 0 Å². The molecule has 0 aliphatic carbocycles. The molecule has 0 saturated heterocycles. The van der Waals surface area contributed by atoms with Crippen molar-refractivity contribution in [3.8, 4) is 0 Å². The first kappa shape index (κ1) is 13.1. The maximum Gasteiger partial charge on any atom is 0.328 e. The van der Waals surface area contributed by atoms with Crippen molar-refractivity contribution < 1.29 is 20.1 Å². The van der Waals surface area contributed by atoms with Crippen LogP contribution in [0, 0.1) is 0 Å². The predicted molar refractivity (Wildman–Crippen MR) is 52.9 cm³/mol. The minimum Gasteiger partial charge on any atom is -0.478 e. The SMILES string of the molecule is CCCCCC(O)C(O)/C=C/C(=O)O. The molecule has 0 aromatic rings. The van der Waals surface area contributed by atoms with Crippen LogP contribution in [-0.4, -0.2) is 33.5 Å². The fourth-order valence-corrected chi connectivity index (χ4v) is 1.08. The van der Waals surface area contributed by atoms with Gasteiger partial charge in [0.2, 0.25) is 0 Å². The van der Waals surface area contributed by atoms with Crippen molar-refractivity contribution in [2.24, 2.45) is 0 Å². The zero-order valence-corrected chi connectivity index (χ0v) is 8.39. The highest BCUT2D eigenvalue weighted by Gasteiger charge is 2.12. The predicted octanol–water partition coefficient (Wildman–Crippen LogP) is 0.929. The van der Waals surface area contributed by atoms with E-state index in [4.69, 9.17) is 5.11 Å². The van der Waals surface area contributed by atoms with Crippen molar-refractivity contribution in [3.05, 3.63) is 12.2 Å². The Morgan fingerprint density at radius 3 is 2.50 bits per heavy atom. The Bertz CT molecular complexity index is 189. The molecule has 0 bridgehead atoms. The molecule has 82 valence electrons. The molecule has 0 aromatic heterocycles. The van der Waals surface area contributed by atoms with Crippen LogP contribution < -0.4 is 0 Å². The molecule has 0 aliphatic rings. The van der Waals surface area contributed by atoms with Crippen LogP contribution in [0.3, 0.4) is 0 Å². The van der Waals surface area contributed by atoms with Gasteiger partial charge in [-0.25, -0.2) is 4.79 Å². The summed E-state index contributed by atoms with van der Waals surface area (Å²) in [5.41, 5.74) is 0. The van der Waals surface area contributed by atoms with E-state index in [2.05, 4.69) is 0 Å². The van der Waals surface area contributed by atoms with Crippen molar-refractivity contribution >= 4 is 5.97 Å². The van der Waals surface area contributed by atoms with E-state index in [0.29, 0.717) is 6.42 Å². The van der Waals surface area contributed by atoms with Gasteiger partial charge in [-0.2, -0.15) is 0 Å². The number of carbonyl (C=O) groups is 1. The van der Waals surface area contributed by atoms with Gasteiger partial charge in [0.05, 0.1) is 12.2 Å². The maximum absolute atomic E-state index is 10.1. The van der Waals surface area contributed by atoms with Gasteiger partial charge in [-0.05, 0) is 12.5 Å². The summed E-state index contributed by atoms with van der Waals surface area (Å²) in [7, 11) is 0. The van der Waals surface area contributed by atoms with Gasteiger partial charge in [-0.3, -0.25) is 0 Å². The van der Waals surface area contributed by atoms with E-state index in [1.54, 1.807) is 0 Å². The number of aliphatic hydroxyl groups is 2. The minimum absolute atomic E-state index is 0.499. The number of aliphatic hydroxyl groups excluding tert-OH is 2. The quantitative estimate of drug-likeness (QED) is 0.424. The van der Waals surface area contributed by atoms with Gasteiger partial charge in [0.1, 0.15) is 0 Å². The van der Waals surface area contributed by atoms with Gasteiger partial charge in [-0.1, -0.05) is 26.2 Å². The fraction of sp³-hybridized carbons (Fsp3) is 0.700. The molecule has 0 amide bonds. The Hall–Kier alpha value is -0.870. The molecule has 2 atom stereocenters. The Labute approximate surface area is 83.9 Å². The van der Waals surface area contributed by atoms with E-state index in [0.717, 1.165) is 31.4 Å². The Kier molecular flexibility index (Phi) is 7.06. The molecule has 0 aromatic carbocycles. The molecule has 0 radical (unpaired) electrons. The van der Waals surface area contributed by atoms with Crippen molar-refractivity contribution in [3.63, 3.8) is 0 Å². The van der Waals surface area contributed by atoms with E-state index < -0.39 is 18.2 Å². The number of carboxylic acids is 1. The second-order valence-corrected chi connectivity index (χ2v) is 3.25. The first-order chi connectivity index (χ1) is 6.57. The second-order valence-electron chi connectivity index (χ2n) is 3.25. The average molecular weight is 202 g/mol. The molecular formula is C10H18O4. The highest BCUT2D eigenvalue weighted by atomic mass is 16.4. The summed E-state index contributed by atoms with van der Waals surface area (Å²) in [5, 5.41) is 26.9. The molecule has 0 aliphatic heterocycles. The molecule has 0 heterocycles. The number of aliphatic carboxylic acids is 1. The normalized spacial score (nSPS) is 15.6. The lowest BCUT2D eigenvalue weighted by Crippen LogP contribution is -2.23. The van der Waals surface area contributed by atoms with Gasteiger partial charge in [0.25, 0.3) is 0 Å². The third-order valence-corrected chi connectivity index (χ3v) is 1.93. The van der Waals surface area contributed by atoms with Crippen LogP contribution in [0.15, 0.2) is 12.2 Å². The largest absolute Gasteiger partial charge is 0.478 e. The number of unbranched alkanes of at least 4 members (excludes halogenated alkanes) is 2. The number of hydrogen-bond donors (Lipinski definition) is 3. The molecule has 4 nitrogen and oxygen atoms in total. The fourth-order valence-electron chi connectivity index (χ4n) is 1.08. The first-order valence-electron chi connectivity index (χ1n) is 4.85. The van der Waals surface area contributed by atoms with Crippen LogP contribution in [0.2, 0.25) is 0 Å². The third-order valence-electron chi connectivity index (χ3n) is 1.93. The summed E-state index contributed by atoms with van der Waals surface area (Å²) >= 11 is 0. The number of hydrogen-bond acceptors (Lipinski definition) is 3. The van der Waals surface area contributed by atoms with Crippen LogP contribution >= 0.6 is 0 Å². The molecule has 4 heteroatoms. The highest BCUT2D eigenvalue weighted by Crippen LogP contribution is 2.07. The number of carboxylic acid groups (broad SMARTS) is 1. The topological polar surface area (TPSA) is 77.8 Å². The summed E-state index contributed by atoms with van der Waals surface area (Å²) in [6, 6.07) is 0. The third kappa shape index (κ3) is 6.62. The molecular weight excluding hydrogens is 184 g/mol. The second kappa shape index (κ2) is 7.53. The summed E-state index contributed by atoms with van der Waals surface area (Å²) in [4.78, 5) is 10.1. The van der Waals surface area contributed by atoms with Gasteiger partial charge < -0.3 is 15.3 Å². The van der Waals surface area contributed by atoms with E-state index in [1.165, 1.54) is 0 Å². The summed E-state index contributed by atoms with van der Waals surface area (Å²) < 4.78 is 0. The van der Waals surface area contributed by atoms with E-state index in [9.17, 15) is 15.0 Å². The maximum atomic E-state index is 10.1. The monoisotopic (exact) mass is 202 g/mol. The van der Waals surface area contributed by atoms with E-state index in [-0.39, 0.29) is 0 Å². The van der Waals surface area contributed by atoms with E-state index >= 15 is 0 Å². The average Bonchev–Trinajstić information content (AvgIpc) is 2.14. The number of rotatable bonds is 7. The van der Waals surface area contributed by atoms with Crippen LogP contribution in [0.5, 0.6) is 0 Å². The van der Waals surface area contributed by atoms with Crippen LogP contribution in [0.25, 0.3) is 0 Å². The lowest BCUT2D eigenvalue weighted by Gasteiger charge is -2.13. The summed E-state index contributed by atoms with van der Waals surface area (Å²) in [6.07, 6.45) is 3.39. The van der Waals surface area contributed by atoms with E-state index in [1.807, 2.05) is 6.92 Å². The van der Waals surface area contributed by atoms with Crippen LogP contribution in [0.1, 0.15) is 32.6 Å². The molecule has 3 N–H and O–H groups in total. The molecule has 14 heavy (non-hydrogen) atoms. The lowest BCUT2D eigenvalue weighted by molar-refractivity contribution is -0.131. The molecule has 0 spiro atoms. The standard InChI is InChI=1S/C10H18O4/c1-2-3-4-5-8(11)9(12)6-7-10(13)14/h6-9,11-12H,2-5H2,1H3,(H,13,14)/b7-6+. The molecule has 0 fully saturated rings. The Balaban J connectivity index is 3.75. The van der Waals surface area contributed by atoms with Gasteiger partial charge in [0, 0.05) is 6.08 Å². The zero-order valence-electron chi connectivity index (χ0n) is 8.39. The molecule has 0 saturated carbocycles. The lowest BCUT2D eigenvalue weighted by atomic mass is 10.1. The van der Waals surface area contributed by atoms with Gasteiger partial charge in [-0.15, -0.1) is 0 Å². The molecule has 0 rings (SSSR count). The molecule has 2 unspecified atom stereocenters. The van der Waals surface area contributed by atoms with Gasteiger partial charge >= 0.3 is 5.97 Å². The smallest absolute Gasteiger partial charge is 0.328 e. The Morgan fingerprint density at radius 2 is 2.00 bits per heavy atom. The Morgan fingerprint density at radius 1 is 1.36 bits per heavy atom. The van der Waals surface area contributed by atoms with Crippen molar-refractivity contribution in [1.82, 2.24) is 0 Å². The summed E-state index contributed by atoms with van der Waals surface area (Å²) in [5.74, 6) is -1.12. The summed E-state index contributed by atoms with van der Waals surface area (Å²) in [6.45, 7) is 2.05. The van der Waals surface area contributed by atoms with Crippen molar-refractivity contribution in [1.29, 1.82) is 0 Å². The van der Waals surface area contributed by atoms with Crippen molar-refractivity contribution in [2.45, 2.75) is 44.8 Å². The van der Waals surface area contributed by atoms with Crippen LogP contribution in [-0.2, 0) is 4.79 Å².